The molecule has 7 nitrogen and oxygen atoms in total. The Morgan fingerprint density at radius 2 is 1.76 bits per heavy atom. The van der Waals surface area contributed by atoms with E-state index in [0.717, 1.165) is 0 Å². The van der Waals surface area contributed by atoms with Gasteiger partial charge in [0, 0.05) is 31.3 Å². The number of alkyl halides is 3. The molecule has 2 aromatic heterocycles. The first kappa shape index (κ1) is 22.4. The number of benzene rings is 2. The van der Waals surface area contributed by atoms with E-state index in [1.165, 1.54) is 36.7 Å². The van der Waals surface area contributed by atoms with Crippen LogP contribution in [-0.4, -0.2) is 28.7 Å². The smallest absolute Gasteiger partial charge is 0.348 e. The van der Waals surface area contributed by atoms with E-state index in [9.17, 15) is 30.8 Å². The molecular formula is C21H14F4N4O3S. The van der Waals surface area contributed by atoms with Gasteiger partial charge in [0.1, 0.15) is 5.82 Å². The molecule has 0 saturated heterocycles. The molecule has 0 aliphatic carbocycles. The lowest BCUT2D eigenvalue weighted by molar-refractivity contribution is -0.137. The van der Waals surface area contributed by atoms with Crippen LogP contribution in [0.3, 0.4) is 0 Å². The molecule has 0 spiro atoms. The summed E-state index contributed by atoms with van der Waals surface area (Å²) in [6.45, 7) is 0.0549. The second-order valence-corrected chi connectivity index (χ2v) is 8.93. The summed E-state index contributed by atoms with van der Waals surface area (Å²) >= 11 is 0. The van der Waals surface area contributed by atoms with Gasteiger partial charge in [-0.1, -0.05) is 12.1 Å². The van der Waals surface area contributed by atoms with Gasteiger partial charge in [-0.3, -0.25) is 9.20 Å². The Hall–Kier alpha value is -3.80. The van der Waals surface area contributed by atoms with Crippen LogP contribution in [0, 0.1) is 5.82 Å². The van der Waals surface area contributed by atoms with Crippen molar-refractivity contribution in [3.8, 4) is 0 Å². The zero-order valence-electron chi connectivity index (χ0n) is 16.5. The normalized spacial score (nSPS) is 12.1. The van der Waals surface area contributed by atoms with E-state index in [1.54, 1.807) is 16.8 Å². The molecule has 2 aromatic carbocycles. The van der Waals surface area contributed by atoms with Crippen molar-refractivity contribution in [2.45, 2.75) is 22.5 Å². The molecular weight excluding hydrogens is 464 g/mol. The van der Waals surface area contributed by atoms with Crippen LogP contribution >= 0.6 is 0 Å². The first-order valence-corrected chi connectivity index (χ1v) is 10.8. The molecule has 0 saturated carbocycles. The van der Waals surface area contributed by atoms with E-state index >= 15 is 0 Å². The number of fused-ring (bicyclic) bond motifs is 1. The Morgan fingerprint density at radius 1 is 1.03 bits per heavy atom. The summed E-state index contributed by atoms with van der Waals surface area (Å²) in [4.78, 5) is 19.2. The van der Waals surface area contributed by atoms with Crippen molar-refractivity contribution < 1.29 is 30.8 Å². The van der Waals surface area contributed by atoms with Gasteiger partial charge in [-0.25, -0.2) is 22.8 Å². The van der Waals surface area contributed by atoms with Crippen molar-refractivity contribution in [2.75, 3.05) is 0 Å². The number of amides is 1. The molecule has 0 unspecified atom stereocenters. The van der Waals surface area contributed by atoms with Crippen LogP contribution in [0.5, 0.6) is 0 Å². The third-order valence-electron chi connectivity index (χ3n) is 4.70. The third kappa shape index (κ3) is 4.70. The van der Waals surface area contributed by atoms with Gasteiger partial charge in [-0.05, 0) is 35.9 Å². The molecule has 2 heterocycles. The largest absolute Gasteiger partial charge is 0.416 e. The number of nitrogens with zero attached hydrogens (tertiary/aromatic N) is 3. The van der Waals surface area contributed by atoms with Gasteiger partial charge in [-0.2, -0.15) is 13.2 Å². The van der Waals surface area contributed by atoms with E-state index in [1.807, 2.05) is 0 Å². The molecule has 0 bridgehead atoms. The van der Waals surface area contributed by atoms with E-state index in [4.69, 9.17) is 0 Å². The van der Waals surface area contributed by atoms with Crippen LogP contribution in [0.2, 0.25) is 0 Å². The minimum absolute atomic E-state index is 0.0549. The van der Waals surface area contributed by atoms with E-state index in [0.29, 0.717) is 23.5 Å². The monoisotopic (exact) mass is 478 g/mol. The lowest BCUT2D eigenvalue weighted by Gasteiger charge is -2.11. The SMILES string of the molecule is O=C(NCc1ccc(S(=O)(=O)c2cc(F)cc(C(F)(F)F)c2)cc1)c1cnc2nccn2c1. The summed E-state index contributed by atoms with van der Waals surface area (Å²) < 4.78 is 79.4. The first-order chi connectivity index (χ1) is 15.5. The molecule has 0 radical (unpaired) electrons. The van der Waals surface area contributed by atoms with Crippen LogP contribution < -0.4 is 5.32 Å². The van der Waals surface area contributed by atoms with Gasteiger partial charge < -0.3 is 5.32 Å². The highest BCUT2D eigenvalue weighted by Gasteiger charge is 2.33. The number of nitrogens with one attached hydrogen (secondary N) is 1. The molecule has 0 aliphatic rings. The molecule has 0 aliphatic heterocycles. The number of carbonyl (C=O) groups excluding carboxylic acids is 1. The number of imidazole rings is 1. The molecule has 4 aromatic rings. The Kier molecular flexibility index (Phi) is 5.62. The van der Waals surface area contributed by atoms with Crippen LogP contribution in [0.4, 0.5) is 17.6 Å². The lowest BCUT2D eigenvalue weighted by Crippen LogP contribution is -2.23. The van der Waals surface area contributed by atoms with Crippen LogP contribution in [0.25, 0.3) is 5.78 Å². The van der Waals surface area contributed by atoms with E-state index < -0.39 is 38.2 Å². The maximum Gasteiger partial charge on any atom is 0.416 e. The lowest BCUT2D eigenvalue weighted by atomic mass is 10.2. The fourth-order valence-corrected chi connectivity index (χ4v) is 4.34. The zero-order chi connectivity index (χ0) is 23.8. The number of hydrogen-bond donors (Lipinski definition) is 1. The van der Waals surface area contributed by atoms with Gasteiger partial charge in [0.05, 0.1) is 20.9 Å². The summed E-state index contributed by atoms with van der Waals surface area (Å²) in [5.41, 5.74) is -0.579. The van der Waals surface area contributed by atoms with Gasteiger partial charge in [0.2, 0.25) is 15.6 Å². The predicted molar refractivity (Wildman–Crippen MR) is 107 cm³/mol. The molecule has 4 rings (SSSR count). The molecule has 1 N–H and O–H groups in total. The number of sulfone groups is 1. The van der Waals surface area contributed by atoms with Crippen LogP contribution in [0.15, 0.2) is 77.0 Å². The Morgan fingerprint density at radius 3 is 2.45 bits per heavy atom. The van der Waals surface area contributed by atoms with Gasteiger partial charge >= 0.3 is 6.18 Å². The quantitative estimate of drug-likeness (QED) is 0.442. The maximum absolute atomic E-state index is 13.6. The minimum Gasteiger partial charge on any atom is -0.348 e. The van der Waals surface area contributed by atoms with Crippen molar-refractivity contribution in [1.82, 2.24) is 19.7 Å². The average molecular weight is 478 g/mol. The van der Waals surface area contributed by atoms with Crippen LogP contribution in [0.1, 0.15) is 21.5 Å². The van der Waals surface area contributed by atoms with Gasteiger partial charge in [0.15, 0.2) is 0 Å². The molecule has 0 fully saturated rings. The van der Waals surface area contributed by atoms with Crippen LogP contribution in [-0.2, 0) is 22.6 Å². The van der Waals surface area contributed by atoms with Crippen molar-refractivity contribution in [1.29, 1.82) is 0 Å². The number of halogens is 4. The number of rotatable bonds is 5. The highest BCUT2D eigenvalue weighted by Crippen LogP contribution is 2.33. The topological polar surface area (TPSA) is 93.4 Å². The summed E-state index contributed by atoms with van der Waals surface area (Å²) in [5, 5.41) is 2.66. The molecule has 0 atom stereocenters. The number of hydrogen-bond acceptors (Lipinski definition) is 5. The van der Waals surface area contributed by atoms with Crippen molar-refractivity contribution in [2.24, 2.45) is 0 Å². The van der Waals surface area contributed by atoms with Gasteiger partial charge in [0.25, 0.3) is 5.91 Å². The second kappa shape index (κ2) is 8.28. The number of aromatic nitrogens is 3. The fraction of sp³-hybridized carbons (Fsp3) is 0.0952. The Balaban J connectivity index is 1.49. The summed E-state index contributed by atoms with van der Waals surface area (Å²) in [6, 6.07) is 6.29. The highest BCUT2D eigenvalue weighted by atomic mass is 32.2. The molecule has 33 heavy (non-hydrogen) atoms. The van der Waals surface area contributed by atoms with Crippen molar-refractivity contribution >= 4 is 21.5 Å². The summed E-state index contributed by atoms with van der Waals surface area (Å²) in [6.07, 6.45) is 1.18. The van der Waals surface area contributed by atoms with E-state index in [-0.39, 0.29) is 23.1 Å². The fourth-order valence-electron chi connectivity index (χ4n) is 3.02. The molecule has 12 heteroatoms. The summed E-state index contributed by atoms with van der Waals surface area (Å²) in [7, 11) is -4.39. The number of carbonyl (C=O) groups is 1. The van der Waals surface area contributed by atoms with Crippen molar-refractivity contribution in [3.63, 3.8) is 0 Å². The van der Waals surface area contributed by atoms with E-state index in [2.05, 4.69) is 15.3 Å². The minimum atomic E-state index is -4.90. The zero-order valence-corrected chi connectivity index (χ0v) is 17.4. The summed E-state index contributed by atoms with van der Waals surface area (Å²) in [5.74, 6) is -1.30. The van der Waals surface area contributed by atoms with Crippen molar-refractivity contribution in [3.05, 3.63) is 89.8 Å². The Labute approximate surface area is 184 Å². The second-order valence-electron chi connectivity index (χ2n) is 6.98. The molecule has 170 valence electrons. The Bertz CT molecular complexity index is 1450. The average Bonchev–Trinajstić information content (AvgIpc) is 3.24. The van der Waals surface area contributed by atoms with Gasteiger partial charge in [-0.15, -0.1) is 0 Å². The standard InChI is InChI=1S/C21H14F4N4O3S/c22-16-7-15(21(23,24)25)8-18(9-16)33(31,32)17-3-1-13(2-4-17)10-27-19(30)14-11-28-20-26-5-6-29(20)12-14/h1-9,11-12H,10H2,(H,27,30). The first-order valence-electron chi connectivity index (χ1n) is 9.33. The predicted octanol–water partition coefficient (Wildman–Crippen LogP) is 3.65. The third-order valence-corrected chi connectivity index (χ3v) is 6.45. The maximum atomic E-state index is 13.6. The highest BCUT2D eigenvalue weighted by molar-refractivity contribution is 7.91. The molecule has 1 amide bonds.